The fraction of sp³-hybridized carbons (Fsp3) is 0.350. The maximum Gasteiger partial charge on any atom is 0.251 e. The second-order valence-corrected chi connectivity index (χ2v) is 6.26. The maximum absolute atomic E-state index is 12.3. The number of carbonyl (C=O) groups excluding carboxylic acids is 1. The zero-order chi connectivity index (χ0) is 16.1. The Kier molecular flexibility index (Phi) is 4.96. The van der Waals surface area contributed by atoms with Crippen molar-refractivity contribution in [2.24, 2.45) is 0 Å². The van der Waals surface area contributed by atoms with E-state index in [1.165, 1.54) is 18.4 Å². The highest BCUT2D eigenvalue weighted by Gasteiger charge is 2.18. The van der Waals surface area contributed by atoms with Crippen LogP contribution in [0.2, 0.25) is 0 Å². The van der Waals surface area contributed by atoms with E-state index in [4.69, 9.17) is 4.74 Å². The van der Waals surface area contributed by atoms with E-state index in [1.54, 1.807) is 0 Å². The molecule has 1 fully saturated rings. The van der Waals surface area contributed by atoms with Crippen molar-refractivity contribution in [1.82, 2.24) is 5.32 Å². The fourth-order valence-corrected chi connectivity index (χ4v) is 3.03. The topological polar surface area (TPSA) is 38.3 Å². The minimum atomic E-state index is -0.00194. The molecule has 2 aromatic rings. The van der Waals surface area contributed by atoms with Crippen LogP contribution in [0.1, 0.15) is 47.2 Å². The van der Waals surface area contributed by atoms with E-state index < -0.39 is 0 Å². The van der Waals surface area contributed by atoms with Crippen LogP contribution in [-0.4, -0.2) is 11.9 Å². The lowest BCUT2D eigenvalue weighted by atomic mass is 10.1. The molecule has 0 saturated heterocycles. The lowest BCUT2D eigenvalue weighted by Crippen LogP contribution is -2.32. The lowest BCUT2D eigenvalue weighted by molar-refractivity contribution is 0.0937. The number of aryl methyl sites for hydroxylation is 1. The van der Waals surface area contributed by atoms with Crippen LogP contribution in [0.5, 0.6) is 5.75 Å². The highest BCUT2D eigenvalue weighted by atomic mass is 16.5. The zero-order valence-corrected chi connectivity index (χ0v) is 13.5. The Bertz CT molecular complexity index is 675. The van der Waals surface area contributed by atoms with Crippen LogP contribution in [0, 0.1) is 6.92 Å². The predicted molar refractivity (Wildman–Crippen MR) is 91.7 cm³/mol. The first-order chi connectivity index (χ1) is 11.2. The SMILES string of the molecule is Cc1cccc(COc2cccc(C(=O)NC3CCCC3)c2)c1. The van der Waals surface area contributed by atoms with Crippen molar-refractivity contribution >= 4 is 5.91 Å². The molecule has 0 aliphatic heterocycles. The summed E-state index contributed by atoms with van der Waals surface area (Å²) in [5.74, 6) is 0.725. The number of nitrogens with one attached hydrogen (secondary N) is 1. The average Bonchev–Trinajstić information content (AvgIpc) is 3.06. The van der Waals surface area contributed by atoms with Crippen LogP contribution < -0.4 is 10.1 Å². The van der Waals surface area contributed by atoms with E-state index in [9.17, 15) is 4.79 Å². The summed E-state index contributed by atoms with van der Waals surface area (Å²) in [5, 5.41) is 3.11. The van der Waals surface area contributed by atoms with E-state index in [0.29, 0.717) is 18.2 Å². The largest absolute Gasteiger partial charge is 0.489 e. The average molecular weight is 309 g/mol. The molecule has 1 N–H and O–H groups in total. The Labute approximate surface area is 137 Å². The van der Waals surface area contributed by atoms with Gasteiger partial charge in [0.15, 0.2) is 0 Å². The van der Waals surface area contributed by atoms with Crippen LogP contribution in [0.15, 0.2) is 48.5 Å². The van der Waals surface area contributed by atoms with Gasteiger partial charge in [0.25, 0.3) is 5.91 Å². The van der Waals surface area contributed by atoms with Crippen LogP contribution in [0.25, 0.3) is 0 Å². The van der Waals surface area contributed by atoms with Crippen LogP contribution in [-0.2, 0) is 6.61 Å². The molecule has 0 radical (unpaired) electrons. The highest BCUT2D eigenvalue weighted by Crippen LogP contribution is 2.19. The second kappa shape index (κ2) is 7.32. The number of hydrogen-bond donors (Lipinski definition) is 1. The van der Waals surface area contributed by atoms with Crippen LogP contribution >= 0.6 is 0 Å². The number of hydrogen-bond acceptors (Lipinski definition) is 2. The first-order valence-corrected chi connectivity index (χ1v) is 8.30. The molecule has 3 nitrogen and oxygen atoms in total. The molecule has 0 atom stereocenters. The Balaban J connectivity index is 1.61. The third-order valence-corrected chi connectivity index (χ3v) is 4.27. The fourth-order valence-electron chi connectivity index (χ4n) is 3.03. The van der Waals surface area contributed by atoms with Crippen molar-refractivity contribution in [3.05, 3.63) is 65.2 Å². The number of rotatable bonds is 5. The molecule has 1 aliphatic carbocycles. The minimum absolute atomic E-state index is 0.00194. The predicted octanol–water partition coefficient (Wildman–Crippen LogP) is 4.25. The third kappa shape index (κ3) is 4.35. The molecule has 1 aliphatic rings. The lowest BCUT2D eigenvalue weighted by Gasteiger charge is -2.13. The standard InChI is InChI=1S/C20H23NO2/c1-15-6-4-7-16(12-15)14-23-19-11-5-8-17(13-19)20(22)21-18-9-2-3-10-18/h4-8,11-13,18H,2-3,9-10,14H2,1H3,(H,21,22). The van der Waals surface area contributed by atoms with Gasteiger partial charge in [0, 0.05) is 11.6 Å². The first kappa shape index (κ1) is 15.6. The number of amides is 1. The summed E-state index contributed by atoms with van der Waals surface area (Å²) in [6.45, 7) is 2.58. The molecule has 0 unspecified atom stereocenters. The smallest absolute Gasteiger partial charge is 0.251 e. The molecular formula is C20H23NO2. The van der Waals surface area contributed by atoms with Gasteiger partial charge in [0.05, 0.1) is 0 Å². The van der Waals surface area contributed by atoms with Gasteiger partial charge in [-0.3, -0.25) is 4.79 Å². The molecule has 0 aromatic heterocycles. The Morgan fingerprint density at radius 2 is 1.91 bits per heavy atom. The van der Waals surface area contributed by atoms with E-state index in [1.807, 2.05) is 36.4 Å². The molecule has 0 bridgehead atoms. The van der Waals surface area contributed by atoms with Gasteiger partial charge in [-0.2, -0.15) is 0 Å². The second-order valence-electron chi connectivity index (χ2n) is 6.26. The number of benzene rings is 2. The number of ether oxygens (including phenoxy) is 1. The van der Waals surface area contributed by atoms with Crippen molar-refractivity contribution in [2.75, 3.05) is 0 Å². The van der Waals surface area contributed by atoms with Crippen LogP contribution in [0.3, 0.4) is 0 Å². The molecule has 1 saturated carbocycles. The van der Waals surface area contributed by atoms with Crippen molar-refractivity contribution in [1.29, 1.82) is 0 Å². The van der Waals surface area contributed by atoms with Gasteiger partial charge < -0.3 is 10.1 Å². The van der Waals surface area contributed by atoms with Gasteiger partial charge in [-0.1, -0.05) is 48.7 Å². The molecular weight excluding hydrogens is 286 g/mol. The number of carbonyl (C=O) groups is 1. The summed E-state index contributed by atoms with van der Waals surface area (Å²) in [6.07, 6.45) is 4.61. The molecule has 0 heterocycles. The molecule has 23 heavy (non-hydrogen) atoms. The molecule has 0 spiro atoms. The van der Waals surface area contributed by atoms with E-state index in [-0.39, 0.29) is 5.91 Å². The summed E-state index contributed by atoms with van der Waals surface area (Å²) >= 11 is 0. The summed E-state index contributed by atoms with van der Waals surface area (Å²) in [6, 6.07) is 16.0. The first-order valence-electron chi connectivity index (χ1n) is 8.30. The summed E-state index contributed by atoms with van der Waals surface area (Å²) in [7, 11) is 0. The zero-order valence-electron chi connectivity index (χ0n) is 13.5. The molecule has 3 rings (SSSR count). The van der Waals surface area contributed by atoms with Crippen molar-refractivity contribution in [3.63, 3.8) is 0 Å². The van der Waals surface area contributed by atoms with Gasteiger partial charge in [-0.05, 0) is 43.5 Å². The van der Waals surface area contributed by atoms with E-state index in [0.717, 1.165) is 24.2 Å². The quantitative estimate of drug-likeness (QED) is 0.897. The maximum atomic E-state index is 12.3. The highest BCUT2D eigenvalue weighted by molar-refractivity contribution is 5.94. The summed E-state index contributed by atoms with van der Waals surface area (Å²) < 4.78 is 5.83. The molecule has 1 amide bonds. The van der Waals surface area contributed by atoms with Crippen molar-refractivity contribution in [2.45, 2.75) is 45.3 Å². The van der Waals surface area contributed by atoms with E-state index in [2.05, 4.69) is 24.4 Å². The minimum Gasteiger partial charge on any atom is -0.489 e. The third-order valence-electron chi connectivity index (χ3n) is 4.27. The van der Waals surface area contributed by atoms with Gasteiger partial charge in [0.1, 0.15) is 12.4 Å². The summed E-state index contributed by atoms with van der Waals surface area (Å²) in [5.41, 5.74) is 3.01. The Hall–Kier alpha value is -2.29. The van der Waals surface area contributed by atoms with Gasteiger partial charge in [0.2, 0.25) is 0 Å². The van der Waals surface area contributed by atoms with Crippen LogP contribution in [0.4, 0.5) is 0 Å². The normalized spacial score (nSPS) is 14.7. The van der Waals surface area contributed by atoms with Crippen molar-refractivity contribution < 1.29 is 9.53 Å². The van der Waals surface area contributed by atoms with Gasteiger partial charge in [-0.15, -0.1) is 0 Å². The monoisotopic (exact) mass is 309 g/mol. The molecule has 120 valence electrons. The van der Waals surface area contributed by atoms with Crippen molar-refractivity contribution in [3.8, 4) is 5.75 Å². The summed E-state index contributed by atoms with van der Waals surface area (Å²) in [4.78, 5) is 12.3. The van der Waals surface area contributed by atoms with E-state index >= 15 is 0 Å². The van der Waals surface area contributed by atoms with Gasteiger partial charge >= 0.3 is 0 Å². The molecule has 3 heteroatoms. The van der Waals surface area contributed by atoms with Gasteiger partial charge in [-0.25, -0.2) is 0 Å². The Morgan fingerprint density at radius 3 is 2.70 bits per heavy atom. The Morgan fingerprint density at radius 1 is 1.13 bits per heavy atom. The molecule has 2 aromatic carbocycles.